The Morgan fingerprint density at radius 3 is 2.52 bits per heavy atom. The van der Waals surface area contributed by atoms with Gasteiger partial charge in [0.1, 0.15) is 0 Å². The largest absolute Gasteiger partial charge is 0.381 e. The monoisotopic (exact) mass is 413 g/mol. The number of halogens is 1. The Morgan fingerprint density at radius 2 is 1.90 bits per heavy atom. The summed E-state index contributed by atoms with van der Waals surface area (Å²) in [4.78, 5) is 4.21. The van der Waals surface area contributed by atoms with Crippen LogP contribution in [-0.2, 0) is 9.47 Å². The maximum Gasteiger partial charge on any atom is 0.190 e. The van der Waals surface area contributed by atoms with Gasteiger partial charge in [0.25, 0.3) is 0 Å². The minimum Gasteiger partial charge on any atom is -0.381 e. The van der Waals surface area contributed by atoms with Crippen LogP contribution < -0.4 is 10.6 Å². The molecule has 1 heterocycles. The molecule has 1 rings (SSSR count). The highest BCUT2D eigenvalue weighted by Gasteiger charge is 2.13. The fourth-order valence-corrected chi connectivity index (χ4v) is 2.07. The van der Waals surface area contributed by atoms with E-state index in [0.717, 1.165) is 64.6 Å². The minimum absolute atomic E-state index is 0. The molecule has 0 aromatic rings. The van der Waals surface area contributed by atoms with E-state index in [1.54, 1.807) is 0 Å². The fourth-order valence-electron chi connectivity index (χ4n) is 2.07. The quantitative estimate of drug-likeness (QED) is 0.278. The summed E-state index contributed by atoms with van der Waals surface area (Å²) in [6.07, 6.45) is 4.63. The van der Waals surface area contributed by atoms with Crippen LogP contribution in [0.1, 0.15) is 39.5 Å². The third-order valence-corrected chi connectivity index (χ3v) is 3.37. The molecule has 0 spiro atoms. The molecule has 0 saturated carbocycles. The highest BCUT2D eigenvalue weighted by Crippen LogP contribution is 2.10. The third-order valence-electron chi connectivity index (χ3n) is 3.37. The van der Waals surface area contributed by atoms with Crippen molar-refractivity contribution < 1.29 is 9.47 Å². The smallest absolute Gasteiger partial charge is 0.190 e. The number of hydrogen-bond donors (Lipinski definition) is 2. The summed E-state index contributed by atoms with van der Waals surface area (Å²) in [7, 11) is 1.81. The number of ether oxygens (including phenoxy) is 2. The molecule has 0 unspecified atom stereocenters. The van der Waals surface area contributed by atoms with Gasteiger partial charge in [-0.05, 0) is 31.6 Å². The Hall–Kier alpha value is -0.0800. The van der Waals surface area contributed by atoms with Crippen molar-refractivity contribution >= 4 is 29.9 Å². The molecular formula is C15H32IN3O2. The van der Waals surface area contributed by atoms with Gasteiger partial charge in [0.15, 0.2) is 5.96 Å². The average molecular weight is 413 g/mol. The zero-order valence-electron chi connectivity index (χ0n) is 13.7. The molecule has 5 nitrogen and oxygen atoms in total. The predicted octanol–water partition coefficient (Wildman–Crippen LogP) is 2.40. The zero-order valence-corrected chi connectivity index (χ0v) is 16.0. The maximum atomic E-state index is 5.83. The summed E-state index contributed by atoms with van der Waals surface area (Å²) in [5.74, 6) is 1.60. The topological polar surface area (TPSA) is 54.9 Å². The minimum atomic E-state index is 0. The lowest BCUT2D eigenvalue weighted by molar-refractivity contribution is -0.0320. The van der Waals surface area contributed by atoms with Crippen LogP contribution in [0.4, 0.5) is 0 Å². The molecule has 0 bridgehead atoms. The normalized spacial score (nSPS) is 16.7. The highest BCUT2D eigenvalue weighted by atomic mass is 127. The van der Waals surface area contributed by atoms with E-state index in [1.807, 2.05) is 7.05 Å². The van der Waals surface area contributed by atoms with E-state index in [1.165, 1.54) is 0 Å². The Kier molecular flexibility index (Phi) is 13.5. The lowest BCUT2D eigenvalue weighted by Crippen LogP contribution is -2.38. The maximum absolute atomic E-state index is 5.83. The molecule has 1 aliphatic rings. The van der Waals surface area contributed by atoms with Gasteiger partial charge in [-0.1, -0.05) is 13.8 Å². The van der Waals surface area contributed by atoms with Gasteiger partial charge in [0, 0.05) is 40.0 Å². The molecular weight excluding hydrogens is 381 g/mol. The summed E-state index contributed by atoms with van der Waals surface area (Å²) in [5, 5.41) is 6.64. The Bertz CT molecular complexity index is 270. The van der Waals surface area contributed by atoms with Crippen LogP contribution in [0.2, 0.25) is 0 Å². The molecule has 21 heavy (non-hydrogen) atoms. The van der Waals surface area contributed by atoms with Crippen molar-refractivity contribution in [1.29, 1.82) is 0 Å². The lowest BCUT2D eigenvalue weighted by Gasteiger charge is -2.22. The first kappa shape index (κ1) is 20.9. The van der Waals surface area contributed by atoms with Crippen molar-refractivity contribution in [3.63, 3.8) is 0 Å². The average Bonchev–Trinajstić information content (AvgIpc) is 2.46. The number of nitrogens with one attached hydrogen (secondary N) is 2. The van der Waals surface area contributed by atoms with Gasteiger partial charge in [0.05, 0.1) is 6.10 Å². The molecule has 0 radical (unpaired) electrons. The summed E-state index contributed by atoms with van der Waals surface area (Å²) < 4.78 is 11.1. The second-order valence-electron chi connectivity index (χ2n) is 5.64. The molecule has 0 aliphatic carbocycles. The predicted molar refractivity (Wildman–Crippen MR) is 98.6 cm³/mol. The van der Waals surface area contributed by atoms with Crippen molar-refractivity contribution in [3.05, 3.63) is 0 Å². The van der Waals surface area contributed by atoms with E-state index >= 15 is 0 Å². The van der Waals surface area contributed by atoms with Gasteiger partial charge in [-0.25, -0.2) is 0 Å². The molecule has 1 aliphatic heterocycles. The van der Waals surface area contributed by atoms with E-state index in [2.05, 4.69) is 29.5 Å². The van der Waals surface area contributed by atoms with Gasteiger partial charge in [-0.3, -0.25) is 4.99 Å². The van der Waals surface area contributed by atoms with Crippen molar-refractivity contribution in [2.45, 2.75) is 45.6 Å². The highest BCUT2D eigenvalue weighted by molar-refractivity contribution is 14.0. The van der Waals surface area contributed by atoms with Gasteiger partial charge >= 0.3 is 0 Å². The number of rotatable bonds is 8. The van der Waals surface area contributed by atoms with E-state index in [9.17, 15) is 0 Å². The van der Waals surface area contributed by atoms with Crippen LogP contribution in [0.15, 0.2) is 4.99 Å². The number of hydrogen-bond acceptors (Lipinski definition) is 3. The fraction of sp³-hybridized carbons (Fsp3) is 0.933. The SMILES string of the molecule is CN=C(NCCCOC1CCOCC1)NCCC(C)C.I. The number of aliphatic imine (C=N–C) groups is 1. The molecule has 2 N–H and O–H groups in total. The van der Waals surface area contributed by atoms with Crippen LogP contribution in [0.5, 0.6) is 0 Å². The molecule has 0 aromatic carbocycles. The second-order valence-corrected chi connectivity index (χ2v) is 5.64. The van der Waals surface area contributed by atoms with Crippen molar-refractivity contribution in [3.8, 4) is 0 Å². The Balaban J connectivity index is 0.00000400. The van der Waals surface area contributed by atoms with E-state index in [-0.39, 0.29) is 24.0 Å². The number of guanidine groups is 1. The third kappa shape index (κ3) is 11.2. The van der Waals surface area contributed by atoms with Gasteiger partial charge in [-0.15, -0.1) is 24.0 Å². The van der Waals surface area contributed by atoms with Crippen LogP contribution >= 0.6 is 24.0 Å². The lowest BCUT2D eigenvalue weighted by atomic mass is 10.1. The number of nitrogens with zero attached hydrogens (tertiary/aromatic N) is 1. The molecule has 0 amide bonds. The first-order chi connectivity index (χ1) is 9.72. The Morgan fingerprint density at radius 1 is 1.24 bits per heavy atom. The van der Waals surface area contributed by atoms with Gasteiger partial charge in [-0.2, -0.15) is 0 Å². The zero-order chi connectivity index (χ0) is 14.6. The molecule has 1 fully saturated rings. The molecule has 0 atom stereocenters. The van der Waals surface area contributed by atoms with Gasteiger partial charge in [0.2, 0.25) is 0 Å². The molecule has 1 saturated heterocycles. The van der Waals surface area contributed by atoms with Crippen molar-refractivity contribution in [2.75, 3.05) is 40.0 Å². The second kappa shape index (κ2) is 13.6. The Labute approximate surface area is 146 Å². The van der Waals surface area contributed by atoms with E-state index in [4.69, 9.17) is 9.47 Å². The summed E-state index contributed by atoms with van der Waals surface area (Å²) in [6, 6.07) is 0. The van der Waals surface area contributed by atoms with Crippen LogP contribution in [0, 0.1) is 5.92 Å². The summed E-state index contributed by atoms with van der Waals surface area (Å²) >= 11 is 0. The van der Waals surface area contributed by atoms with E-state index < -0.39 is 0 Å². The molecule has 6 heteroatoms. The van der Waals surface area contributed by atoms with Crippen LogP contribution in [0.25, 0.3) is 0 Å². The van der Waals surface area contributed by atoms with Crippen LogP contribution in [-0.4, -0.2) is 52.0 Å². The standard InChI is InChI=1S/C15H31N3O2.HI/c1-13(2)5-9-18-15(16-3)17-8-4-10-20-14-6-11-19-12-7-14;/h13-14H,4-12H2,1-3H3,(H2,16,17,18);1H. The van der Waals surface area contributed by atoms with Crippen LogP contribution in [0.3, 0.4) is 0 Å². The summed E-state index contributed by atoms with van der Waals surface area (Å²) in [5.41, 5.74) is 0. The molecule has 126 valence electrons. The van der Waals surface area contributed by atoms with Gasteiger partial charge < -0.3 is 20.1 Å². The van der Waals surface area contributed by atoms with E-state index in [0.29, 0.717) is 12.0 Å². The first-order valence-corrected chi connectivity index (χ1v) is 7.86. The van der Waals surface area contributed by atoms with Crippen molar-refractivity contribution in [2.24, 2.45) is 10.9 Å². The summed E-state index contributed by atoms with van der Waals surface area (Å²) in [6.45, 7) is 8.81. The first-order valence-electron chi connectivity index (χ1n) is 7.86. The van der Waals surface area contributed by atoms with Crippen molar-refractivity contribution in [1.82, 2.24) is 10.6 Å². The molecule has 0 aromatic heterocycles.